The molecule has 20 heavy (non-hydrogen) atoms. The van der Waals surface area contributed by atoms with E-state index in [2.05, 4.69) is 32.5 Å². The molecule has 0 aliphatic carbocycles. The van der Waals surface area contributed by atoms with Gasteiger partial charge in [-0.05, 0) is 18.9 Å². The summed E-state index contributed by atoms with van der Waals surface area (Å²) in [5, 5.41) is 0. The molecule has 0 aromatic carbocycles. The van der Waals surface area contributed by atoms with E-state index in [1.54, 1.807) is 6.20 Å². The number of hydrogen-bond donors (Lipinski definition) is 3. The first kappa shape index (κ1) is 13.5. The highest BCUT2D eigenvalue weighted by Gasteiger charge is 2.17. The molecule has 0 amide bonds. The highest BCUT2D eigenvalue weighted by molar-refractivity contribution is 7.80. The Balaban J connectivity index is 1.84. The van der Waals surface area contributed by atoms with Crippen LogP contribution in [-0.2, 0) is 6.54 Å². The third-order valence-corrected chi connectivity index (χ3v) is 3.84. The lowest BCUT2D eigenvalue weighted by Crippen LogP contribution is -2.39. The van der Waals surface area contributed by atoms with Gasteiger partial charge in [0.15, 0.2) is 5.82 Å². The number of fused-ring (bicyclic) bond motifs is 1. The van der Waals surface area contributed by atoms with Crippen molar-refractivity contribution in [3.8, 4) is 0 Å². The molecule has 0 unspecified atom stereocenters. The standard InChI is InChI=1S/C13H18N6S/c14-8-1-3-19(4-2-8)7-11-17-10-5-9(20)6-16-12(10)13(15)18-11/h5-6,8,20H,1-4,7,14H2,(H2,15,17,18). The van der Waals surface area contributed by atoms with E-state index in [0.29, 0.717) is 23.9 Å². The maximum Gasteiger partial charge on any atom is 0.153 e. The normalized spacial score (nSPS) is 17.7. The molecule has 3 heterocycles. The molecule has 7 heteroatoms. The van der Waals surface area contributed by atoms with Crippen molar-refractivity contribution in [1.82, 2.24) is 19.9 Å². The number of hydrogen-bond acceptors (Lipinski definition) is 7. The number of thiol groups is 1. The molecule has 6 nitrogen and oxygen atoms in total. The topological polar surface area (TPSA) is 94.0 Å². The van der Waals surface area contributed by atoms with Gasteiger partial charge in [0.05, 0.1) is 12.1 Å². The lowest BCUT2D eigenvalue weighted by atomic mass is 10.1. The second-order valence-electron chi connectivity index (χ2n) is 5.20. The molecule has 1 aliphatic heterocycles. The van der Waals surface area contributed by atoms with E-state index in [1.165, 1.54) is 0 Å². The van der Waals surface area contributed by atoms with Gasteiger partial charge in [-0.2, -0.15) is 0 Å². The number of aromatic nitrogens is 3. The lowest BCUT2D eigenvalue weighted by molar-refractivity contribution is 0.201. The number of likely N-dealkylation sites (tertiary alicyclic amines) is 1. The van der Waals surface area contributed by atoms with Gasteiger partial charge in [-0.1, -0.05) is 0 Å². The number of nitrogen functional groups attached to an aromatic ring is 1. The average molecular weight is 290 g/mol. The molecular weight excluding hydrogens is 272 g/mol. The molecule has 0 saturated carbocycles. The third kappa shape index (κ3) is 2.84. The van der Waals surface area contributed by atoms with Crippen molar-refractivity contribution in [3.63, 3.8) is 0 Å². The van der Waals surface area contributed by atoms with Crippen molar-refractivity contribution >= 4 is 29.5 Å². The van der Waals surface area contributed by atoms with E-state index < -0.39 is 0 Å². The van der Waals surface area contributed by atoms with Gasteiger partial charge < -0.3 is 11.5 Å². The minimum absolute atomic E-state index is 0.324. The van der Waals surface area contributed by atoms with Crippen LogP contribution in [0.25, 0.3) is 11.0 Å². The van der Waals surface area contributed by atoms with Gasteiger partial charge in [0, 0.05) is 30.2 Å². The van der Waals surface area contributed by atoms with Crippen LogP contribution in [0.5, 0.6) is 0 Å². The van der Waals surface area contributed by atoms with E-state index in [4.69, 9.17) is 11.5 Å². The number of pyridine rings is 1. The second-order valence-corrected chi connectivity index (χ2v) is 5.72. The molecular formula is C13H18N6S. The van der Waals surface area contributed by atoms with Crippen molar-refractivity contribution in [2.45, 2.75) is 30.3 Å². The summed E-state index contributed by atoms with van der Waals surface area (Å²) in [6.45, 7) is 2.66. The molecule has 1 aliphatic rings. The Bertz CT molecular complexity index is 624. The highest BCUT2D eigenvalue weighted by Crippen LogP contribution is 2.19. The fourth-order valence-electron chi connectivity index (χ4n) is 2.46. The van der Waals surface area contributed by atoms with Crippen LogP contribution >= 0.6 is 12.6 Å². The van der Waals surface area contributed by atoms with Crippen molar-refractivity contribution in [2.75, 3.05) is 18.8 Å². The molecule has 4 N–H and O–H groups in total. The van der Waals surface area contributed by atoms with Gasteiger partial charge in [-0.3, -0.25) is 4.90 Å². The zero-order valence-electron chi connectivity index (χ0n) is 11.2. The predicted molar refractivity (Wildman–Crippen MR) is 81.5 cm³/mol. The van der Waals surface area contributed by atoms with Gasteiger partial charge in [0.25, 0.3) is 0 Å². The van der Waals surface area contributed by atoms with E-state index in [1.807, 2.05) is 6.07 Å². The SMILES string of the molecule is Nc1nc(CN2CCC(N)CC2)nc2cc(S)cnc12. The summed E-state index contributed by atoms with van der Waals surface area (Å²) in [4.78, 5) is 16.2. The molecule has 0 atom stereocenters. The van der Waals surface area contributed by atoms with Crippen LogP contribution in [-0.4, -0.2) is 39.0 Å². The van der Waals surface area contributed by atoms with Crippen LogP contribution in [0.3, 0.4) is 0 Å². The number of nitrogens with two attached hydrogens (primary N) is 2. The quantitative estimate of drug-likeness (QED) is 0.709. The van der Waals surface area contributed by atoms with E-state index >= 15 is 0 Å². The maximum absolute atomic E-state index is 5.96. The summed E-state index contributed by atoms with van der Waals surface area (Å²) >= 11 is 4.28. The molecule has 1 saturated heterocycles. The van der Waals surface area contributed by atoms with Crippen molar-refractivity contribution in [2.24, 2.45) is 5.73 Å². The minimum atomic E-state index is 0.324. The summed E-state index contributed by atoms with van der Waals surface area (Å²) in [6, 6.07) is 2.18. The molecule has 2 aromatic heterocycles. The number of rotatable bonds is 2. The van der Waals surface area contributed by atoms with Crippen LogP contribution < -0.4 is 11.5 Å². The minimum Gasteiger partial charge on any atom is -0.382 e. The average Bonchev–Trinajstić information content (AvgIpc) is 2.41. The van der Waals surface area contributed by atoms with Crippen LogP contribution in [0.2, 0.25) is 0 Å². The van der Waals surface area contributed by atoms with Crippen LogP contribution in [0.4, 0.5) is 5.82 Å². The molecule has 106 valence electrons. The Morgan fingerprint density at radius 3 is 2.80 bits per heavy atom. The van der Waals surface area contributed by atoms with E-state index in [0.717, 1.165) is 42.2 Å². The Morgan fingerprint density at radius 1 is 1.30 bits per heavy atom. The molecule has 2 aromatic rings. The van der Waals surface area contributed by atoms with Gasteiger partial charge in [0.2, 0.25) is 0 Å². The zero-order valence-corrected chi connectivity index (χ0v) is 12.1. The second kappa shape index (κ2) is 5.51. The third-order valence-electron chi connectivity index (χ3n) is 3.59. The molecule has 0 spiro atoms. The lowest BCUT2D eigenvalue weighted by Gasteiger charge is -2.29. The first-order valence-corrected chi connectivity index (χ1v) is 7.15. The Hall–Kier alpha value is -1.44. The summed E-state index contributed by atoms with van der Waals surface area (Å²) in [5.41, 5.74) is 13.2. The monoisotopic (exact) mass is 290 g/mol. The predicted octanol–water partition coefficient (Wildman–Crippen LogP) is 0.819. The number of piperidine rings is 1. The fourth-order valence-corrected chi connectivity index (χ4v) is 2.64. The van der Waals surface area contributed by atoms with Gasteiger partial charge in [-0.25, -0.2) is 15.0 Å². The van der Waals surface area contributed by atoms with Crippen LogP contribution in [0.15, 0.2) is 17.2 Å². The van der Waals surface area contributed by atoms with Crippen molar-refractivity contribution in [3.05, 3.63) is 18.1 Å². The van der Waals surface area contributed by atoms with E-state index in [-0.39, 0.29) is 0 Å². The summed E-state index contributed by atoms with van der Waals surface area (Å²) in [5.74, 6) is 1.15. The Morgan fingerprint density at radius 2 is 2.05 bits per heavy atom. The molecule has 0 radical (unpaired) electrons. The summed E-state index contributed by atoms with van der Waals surface area (Å²) in [7, 11) is 0. The Labute approximate surface area is 123 Å². The summed E-state index contributed by atoms with van der Waals surface area (Å²) in [6.07, 6.45) is 3.69. The molecule has 1 fully saturated rings. The molecule has 3 rings (SSSR count). The first-order valence-electron chi connectivity index (χ1n) is 6.71. The van der Waals surface area contributed by atoms with Gasteiger partial charge in [0.1, 0.15) is 11.3 Å². The smallest absolute Gasteiger partial charge is 0.153 e. The largest absolute Gasteiger partial charge is 0.382 e. The van der Waals surface area contributed by atoms with Crippen LogP contribution in [0.1, 0.15) is 18.7 Å². The number of anilines is 1. The Kier molecular flexibility index (Phi) is 3.73. The maximum atomic E-state index is 5.96. The zero-order chi connectivity index (χ0) is 14.1. The van der Waals surface area contributed by atoms with E-state index in [9.17, 15) is 0 Å². The van der Waals surface area contributed by atoms with Gasteiger partial charge >= 0.3 is 0 Å². The van der Waals surface area contributed by atoms with Crippen LogP contribution in [0, 0.1) is 0 Å². The number of nitrogens with zero attached hydrogens (tertiary/aromatic N) is 4. The van der Waals surface area contributed by atoms with Crippen molar-refractivity contribution < 1.29 is 0 Å². The summed E-state index contributed by atoms with van der Waals surface area (Å²) < 4.78 is 0. The highest BCUT2D eigenvalue weighted by atomic mass is 32.1. The van der Waals surface area contributed by atoms with Gasteiger partial charge in [-0.15, -0.1) is 12.6 Å². The fraction of sp³-hybridized carbons (Fsp3) is 0.462. The first-order chi connectivity index (χ1) is 9.61. The van der Waals surface area contributed by atoms with Crippen molar-refractivity contribution in [1.29, 1.82) is 0 Å². The molecule has 0 bridgehead atoms.